The zero-order valence-corrected chi connectivity index (χ0v) is 13.0. The van der Waals surface area contributed by atoms with E-state index in [4.69, 9.17) is 9.47 Å². The summed E-state index contributed by atoms with van der Waals surface area (Å²) < 4.78 is 48.4. The van der Waals surface area contributed by atoms with Crippen molar-refractivity contribution in [1.82, 2.24) is 10.2 Å². The second-order valence-corrected chi connectivity index (χ2v) is 6.16. The number of hydrogen-bond donors (Lipinski definition) is 1. The molecule has 1 N–H and O–H groups in total. The van der Waals surface area contributed by atoms with Gasteiger partial charge in [0.15, 0.2) is 11.5 Å². The van der Waals surface area contributed by atoms with Gasteiger partial charge in [-0.25, -0.2) is 0 Å². The van der Waals surface area contributed by atoms with Crippen molar-refractivity contribution >= 4 is 0 Å². The summed E-state index contributed by atoms with van der Waals surface area (Å²) in [6.07, 6.45) is -2.60. The summed E-state index contributed by atoms with van der Waals surface area (Å²) in [4.78, 5) is 1.46. The van der Waals surface area contributed by atoms with Crippen LogP contribution < -0.4 is 14.8 Å². The molecule has 4 nitrogen and oxygen atoms in total. The molecular weight excluding hydrogens is 309 g/mol. The van der Waals surface area contributed by atoms with Crippen LogP contribution in [0, 0.1) is 0 Å². The number of nitrogens with zero attached hydrogens (tertiary/aromatic N) is 1. The van der Waals surface area contributed by atoms with Crippen LogP contribution in [0.5, 0.6) is 11.5 Å². The van der Waals surface area contributed by atoms with E-state index < -0.39 is 12.7 Å². The van der Waals surface area contributed by atoms with Crippen LogP contribution in [0.3, 0.4) is 0 Å². The van der Waals surface area contributed by atoms with E-state index in [-0.39, 0.29) is 12.1 Å². The molecule has 2 heterocycles. The summed E-state index contributed by atoms with van der Waals surface area (Å²) in [5.74, 6) is 1.50. The Morgan fingerprint density at radius 3 is 2.91 bits per heavy atom. The lowest BCUT2D eigenvalue weighted by Crippen LogP contribution is -2.46. The van der Waals surface area contributed by atoms with Gasteiger partial charge in [0.05, 0.1) is 13.7 Å². The van der Waals surface area contributed by atoms with E-state index in [1.54, 1.807) is 7.11 Å². The Hall–Kier alpha value is -1.47. The summed E-state index contributed by atoms with van der Waals surface area (Å²) >= 11 is 0. The number of halogens is 3. The number of hydrogen-bond acceptors (Lipinski definition) is 4. The van der Waals surface area contributed by atoms with Crippen LogP contribution in [0.25, 0.3) is 0 Å². The predicted octanol–water partition coefficient (Wildman–Crippen LogP) is 2.22. The fourth-order valence-corrected chi connectivity index (χ4v) is 3.36. The Morgan fingerprint density at radius 2 is 2.17 bits per heavy atom. The number of benzene rings is 1. The highest BCUT2D eigenvalue weighted by Crippen LogP contribution is 2.34. The second kappa shape index (κ2) is 6.57. The van der Waals surface area contributed by atoms with Gasteiger partial charge in [0.1, 0.15) is 6.61 Å². The van der Waals surface area contributed by atoms with E-state index in [1.165, 1.54) is 4.90 Å². The van der Waals surface area contributed by atoms with E-state index in [2.05, 4.69) is 5.32 Å². The molecule has 1 saturated heterocycles. The van der Waals surface area contributed by atoms with Crippen molar-refractivity contribution < 1.29 is 22.6 Å². The smallest absolute Gasteiger partial charge is 0.401 e. The van der Waals surface area contributed by atoms with Crippen LogP contribution in [0.1, 0.15) is 12.0 Å². The number of likely N-dealkylation sites (tertiary alicyclic amines) is 1. The van der Waals surface area contributed by atoms with E-state index in [0.717, 1.165) is 29.9 Å². The molecule has 0 bridgehead atoms. The average molecular weight is 330 g/mol. The zero-order chi connectivity index (χ0) is 16.4. The molecule has 23 heavy (non-hydrogen) atoms. The van der Waals surface area contributed by atoms with Crippen molar-refractivity contribution in [2.24, 2.45) is 0 Å². The third-order valence-corrected chi connectivity index (χ3v) is 4.32. The number of alkyl halides is 3. The molecule has 0 aromatic heterocycles. The van der Waals surface area contributed by atoms with Crippen LogP contribution in [-0.4, -0.2) is 56.5 Å². The largest absolute Gasteiger partial charge is 0.493 e. The lowest BCUT2D eigenvalue weighted by Gasteiger charge is -2.29. The first-order chi connectivity index (χ1) is 10.9. The molecule has 7 heteroatoms. The van der Waals surface area contributed by atoms with Crippen LogP contribution in [-0.2, 0) is 6.42 Å². The predicted molar refractivity (Wildman–Crippen MR) is 80.0 cm³/mol. The fraction of sp³-hybridized carbons (Fsp3) is 0.625. The maximum Gasteiger partial charge on any atom is 0.401 e. The van der Waals surface area contributed by atoms with Crippen molar-refractivity contribution in [3.63, 3.8) is 0 Å². The number of fused-ring (bicyclic) bond motifs is 1. The second-order valence-electron chi connectivity index (χ2n) is 6.16. The highest BCUT2D eigenvalue weighted by molar-refractivity contribution is 5.48. The summed E-state index contributed by atoms with van der Waals surface area (Å²) in [6.45, 7) is 0.589. The summed E-state index contributed by atoms with van der Waals surface area (Å²) in [5, 5.41) is 3.44. The van der Waals surface area contributed by atoms with Crippen molar-refractivity contribution in [2.45, 2.75) is 31.1 Å². The van der Waals surface area contributed by atoms with Gasteiger partial charge in [-0.05, 0) is 24.5 Å². The van der Waals surface area contributed by atoms with Gasteiger partial charge >= 0.3 is 6.18 Å². The topological polar surface area (TPSA) is 33.7 Å². The maximum absolute atomic E-state index is 12.4. The third-order valence-electron chi connectivity index (χ3n) is 4.32. The molecule has 0 spiro atoms. The third kappa shape index (κ3) is 4.09. The molecule has 0 amide bonds. The van der Waals surface area contributed by atoms with Crippen molar-refractivity contribution in [3.05, 3.63) is 23.8 Å². The minimum Gasteiger partial charge on any atom is -0.493 e. The van der Waals surface area contributed by atoms with Gasteiger partial charge in [-0.3, -0.25) is 4.90 Å². The van der Waals surface area contributed by atoms with Crippen LogP contribution >= 0.6 is 0 Å². The number of nitrogens with one attached hydrogen (secondary N) is 1. The Labute approximate surface area is 133 Å². The van der Waals surface area contributed by atoms with Gasteiger partial charge in [0.2, 0.25) is 0 Å². The molecule has 0 radical (unpaired) electrons. The van der Waals surface area contributed by atoms with Crippen molar-refractivity contribution in [2.75, 3.05) is 33.4 Å². The normalized spacial score (nSPS) is 25.0. The van der Waals surface area contributed by atoms with Gasteiger partial charge in [-0.1, -0.05) is 12.1 Å². The first-order valence-electron chi connectivity index (χ1n) is 7.78. The first-order valence-corrected chi connectivity index (χ1v) is 7.78. The molecule has 0 aliphatic carbocycles. The van der Waals surface area contributed by atoms with E-state index in [1.807, 2.05) is 18.2 Å². The SMILES string of the molecule is COc1cccc2c1OC[C@@H](N[C@@H]1CCN(CC(F)(F)F)C1)C2. The number of rotatable bonds is 4. The standard InChI is InChI=1S/C16H21F3N2O2/c1-22-14-4-2-3-11-7-13(9-23-15(11)14)20-12-5-6-21(8-12)10-16(17,18)19/h2-4,12-13,20H,5-10H2,1H3/t12-,13+/m1/s1. The number of methoxy groups -OCH3 is 1. The first kappa shape index (κ1) is 16.4. The minimum atomic E-state index is -4.13. The Balaban J connectivity index is 1.54. The molecular formula is C16H21F3N2O2. The number of ether oxygens (including phenoxy) is 2. The molecule has 1 fully saturated rings. The molecule has 1 aromatic carbocycles. The summed E-state index contributed by atoms with van der Waals surface area (Å²) in [6, 6.07) is 5.97. The van der Waals surface area contributed by atoms with Gasteiger partial charge in [-0.2, -0.15) is 13.2 Å². The lowest BCUT2D eigenvalue weighted by molar-refractivity contribution is -0.143. The number of para-hydroxylation sites is 1. The summed E-state index contributed by atoms with van der Waals surface area (Å²) in [5.41, 5.74) is 1.07. The molecule has 2 aliphatic rings. The molecule has 2 atom stereocenters. The van der Waals surface area contributed by atoms with Crippen LogP contribution in [0.4, 0.5) is 13.2 Å². The lowest BCUT2D eigenvalue weighted by atomic mass is 10.0. The average Bonchev–Trinajstić information content (AvgIpc) is 2.91. The van der Waals surface area contributed by atoms with Gasteiger partial charge in [0, 0.05) is 25.2 Å². The molecule has 3 rings (SSSR count). The van der Waals surface area contributed by atoms with Crippen molar-refractivity contribution in [3.8, 4) is 11.5 Å². The molecule has 0 unspecified atom stereocenters. The van der Waals surface area contributed by atoms with E-state index >= 15 is 0 Å². The van der Waals surface area contributed by atoms with Gasteiger partial charge < -0.3 is 14.8 Å². The quantitative estimate of drug-likeness (QED) is 0.918. The maximum atomic E-state index is 12.4. The van der Waals surface area contributed by atoms with Crippen molar-refractivity contribution in [1.29, 1.82) is 0 Å². The van der Waals surface area contributed by atoms with Gasteiger partial charge in [-0.15, -0.1) is 0 Å². The highest BCUT2D eigenvalue weighted by Gasteiger charge is 2.35. The summed E-state index contributed by atoms with van der Waals surface area (Å²) in [7, 11) is 1.61. The Bertz CT molecular complexity index is 551. The Morgan fingerprint density at radius 1 is 1.35 bits per heavy atom. The molecule has 1 aromatic rings. The molecule has 2 aliphatic heterocycles. The van der Waals surface area contributed by atoms with E-state index in [9.17, 15) is 13.2 Å². The highest BCUT2D eigenvalue weighted by atomic mass is 19.4. The van der Waals surface area contributed by atoms with Crippen LogP contribution in [0.15, 0.2) is 18.2 Å². The Kier molecular flexibility index (Phi) is 4.68. The van der Waals surface area contributed by atoms with Crippen LogP contribution in [0.2, 0.25) is 0 Å². The monoisotopic (exact) mass is 330 g/mol. The van der Waals surface area contributed by atoms with E-state index in [0.29, 0.717) is 19.7 Å². The fourth-order valence-electron chi connectivity index (χ4n) is 3.36. The molecule has 128 valence electrons. The molecule has 0 saturated carbocycles. The zero-order valence-electron chi connectivity index (χ0n) is 13.0. The van der Waals surface area contributed by atoms with Gasteiger partial charge in [0.25, 0.3) is 0 Å². The minimum absolute atomic E-state index is 0.0816.